The highest BCUT2D eigenvalue weighted by molar-refractivity contribution is 7.80. The highest BCUT2D eigenvalue weighted by Gasteiger charge is 2.07. The number of aryl methyl sites for hydroxylation is 2. The molecule has 3 N–H and O–H groups in total. The van der Waals surface area contributed by atoms with E-state index >= 15 is 0 Å². The van der Waals surface area contributed by atoms with Crippen molar-refractivity contribution in [2.75, 3.05) is 30.9 Å². The van der Waals surface area contributed by atoms with Gasteiger partial charge in [0.1, 0.15) is 0 Å². The Kier molecular flexibility index (Phi) is 7.24. The number of aromatic nitrogens is 2. The summed E-state index contributed by atoms with van der Waals surface area (Å²) in [7, 11) is 1.63. The van der Waals surface area contributed by atoms with Gasteiger partial charge in [-0.15, -0.1) is 0 Å². The number of ether oxygens (including phenoxy) is 1. The fourth-order valence-electron chi connectivity index (χ4n) is 2.04. The van der Waals surface area contributed by atoms with Gasteiger partial charge in [-0.25, -0.2) is 9.97 Å². The number of methoxy groups -OCH3 is 1. The molecule has 0 bridgehead atoms. The number of anilines is 2. The fraction of sp³-hybridized carbons (Fsp3) is 0.294. The van der Waals surface area contributed by atoms with Crippen LogP contribution in [0.15, 0.2) is 41.4 Å². The Bertz CT molecular complexity index is 715. The Hall–Kier alpha value is -2.58. The Morgan fingerprint density at radius 3 is 2.44 bits per heavy atom. The molecular weight excluding hydrogens is 336 g/mol. The molecule has 0 aliphatic rings. The van der Waals surface area contributed by atoms with E-state index < -0.39 is 0 Å². The number of para-hydroxylation sites is 1. The number of nitrogens with one attached hydrogen (secondary N) is 3. The van der Waals surface area contributed by atoms with Crippen LogP contribution in [0.1, 0.15) is 11.4 Å². The standard InChI is InChI=1S/C17H22N6OS/c1-12-11-13(2)20-16(19-12)22-15(18-9-10-24-3)23-17(25)21-14-7-5-4-6-8-14/h4-8,11H,9-10H2,1-3H3,(H3,18,19,20,21,22,23,25). The quantitative estimate of drug-likeness (QED) is 0.328. The van der Waals surface area contributed by atoms with E-state index in [9.17, 15) is 0 Å². The molecule has 8 heteroatoms. The Morgan fingerprint density at radius 2 is 1.80 bits per heavy atom. The molecule has 0 fully saturated rings. The van der Waals surface area contributed by atoms with E-state index in [1.807, 2.05) is 50.2 Å². The van der Waals surface area contributed by atoms with Gasteiger partial charge >= 0.3 is 0 Å². The maximum Gasteiger partial charge on any atom is 0.229 e. The monoisotopic (exact) mass is 358 g/mol. The summed E-state index contributed by atoms with van der Waals surface area (Å²) in [5, 5.41) is 9.62. The average Bonchev–Trinajstić information content (AvgIpc) is 2.55. The minimum absolute atomic E-state index is 0.416. The molecule has 1 aromatic carbocycles. The molecule has 0 spiro atoms. The molecular formula is C17H22N6OS. The summed E-state index contributed by atoms with van der Waals surface area (Å²) >= 11 is 5.34. The highest BCUT2D eigenvalue weighted by atomic mass is 32.1. The summed E-state index contributed by atoms with van der Waals surface area (Å²) in [6.45, 7) is 4.80. The van der Waals surface area contributed by atoms with Crippen molar-refractivity contribution in [3.8, 4) is 0 Å². The molecule has 0 aliphatic carbocycles. The molecule has 0 unspecified atom stereocenters. The molecule has 2 rings (SSSR count). The van der Waals surface area contributed by atoms with Crippen LogP contribution in [-0.2, 0) is 4.74 Å². The zero-order valence-corrected chi connectivity index (χ0v) is 15.4. The van der Waals surface area contributed by atoms with Crippen LogP contribution in [0.5, 0.6) is 0 Å². The van der Waals surface area contributed by atoms with E-state index in [2.05, 4.69) is 30.9 Å². The van der Waals surface area contributed by atoms with E-state index in [4.69, 9.17) is 17.0 Å². The number of nitrogens with zero attached hydrogens (tertiary/aromatic N) is 3. The van der Waals surface area contributed by atoms with Gasteiger partial charge in [0.05, 0.1) is 13.2 Å². The molecule has 2 aromatic rings. The number of thiocarbonyl (C=S) groups is 1. The van der Waals surface area contributed by atoms with Crippen molar-refractivity contribution in [3.05, 3.63) is 47.8 Å². The van der Waals surface area contributed by atoms with Crippen molar-refractivity contribution >= 4 is 34.9 Å². The lowest BCUT2D eigenvalue weighted by molar-refractivity contribution is 0.208. The van der Waals surface area contributed by atoms with E-state index in [-0.39, 0.29) is 0 Å². The molecule has 132 valence electrons. The normalized spacial score (nSPS) is 11.1. The Balaban J connectivity index is 2.07. The van der Waals surface area contributed by atoms with Gasteiger partial charge in [0.25, 0.3) is 0 Å². The lowest BCUT2D eigenvalue weighted by atomic mass is 10.3. The first-order chi connectivity index (χ1) is 12.1. The number of guanidine groups is 1. The van der Waals surface area contributed by atoms with Gasteiger partial charge in [-0.3, -0.25) is 10.3 Å². The number of rotatable bonds is 5. The van der Waals surface area contributed by atoms with Crippen LogP contribution in [-0.4, -0.2) is 41.3 Å². The first-order valence-corrected chi connectivity index (χ1v) is 8.23. The minimum Gasteiger partial charge on any atom is -0.383 e. The van der Waals surface area contributed by atoms with Gasteiger partial charge in [0.2, 0.25) is 11.9 Å². The van der Waals surface area contributed by atoms with Crippen molar-refractivity contribution in [1.29, 1.82) is 0 Å². The summed E-state index contributed by atoms with van der Waals surface area (Å²) in [6, 6.07) is 11.6. The molecule has 0 saturated heterocycles. The molecule has 0 amide bonds. The third-order valence-corrected chi connectivity index (χ3v) is 3.25. The SMILES string of the molecule is COCCN=C(NC(=S)Nc1ccccc1)Nc1nc(C)cc(C)n1. The van der Waals surface area contributed by atoms with Crippen LogP contribution in [0, 0.1) is 13.8 Å². The number of benzene rings is 1. The minimum atomic E-state index is 0.416. The van der Waals surface area contributed by atoms with Crippen LogP contribution in [0.4, 0.5) is 11.6 Å². The van der Waals surface area contributed by atoms with Gasteiger partial charge in [0, 0.05) is 24.2 Å². The van der Waals surface area contributed by atoms with E-state index in [0.29, 0.717) is 30.2 Å². The molecule has 1 aromatic heterocycles. The van der Waals surface area contributed by atoms with Crippen molar-refractivity contribution in [1.82, 2.24) is 15.3 Å². The fourth-order valence-corrected chi connectivity index (χ4v) is 2.25. The van der Waals surface area contributed by atoms with Crippen LogP contribution < -0.4 is 16.0 Å². The first kappa shape index (κ1) is 18.8. The lowest BCUT2D eigenvalue weighted by Gasteiger charge is -2.14. The van der Waals surface area contributed by atoms with Gasteiger partial charge < -0.3 is 15.4 Å². The molecule has 0 atom stereocenters. The van der Waals surface area contributed by atoms with Crippen LogP contribution in [0.2, 0.25) is 0 Å². The van der Waals surface area contributed by atoms with Gasteiger partial charge in [-0.2, -0.15) is 0 Å². The third kappa shape index (κ3) is 6.82. The molecule has 0 aliphatic heterocycles. The predicted octanol–water partition coefficient (Wildman–Crippen LogP) is 2.49. The second-order valence-electron chi connectivity index (χ2n) is 5.27. The summed E-state index contributed by atoms with van der Waals surface area (Å²) < 4.78 is 5.04. The summed E-state index contributed by atoms with van der Waals surface area (Å²) in [4.78, 5) is 13.1. The van der Waals surface area contributed by atoms with Crippen LogP contribution >= 0.6 is 12.2 Å². The predicted molar refractivity (Wildman–Crippen MR) is 105 cm³/mol. The molecule has 0 saturated carbocycles. The second-order valence-corrected chi connectivity index (χ2v) is 5.68. The number of aliphatic imine (C=N–C) groups is 1. The molecule has 0 radical (unpaired) electrons. The van der Waals surface area contributed by atoms with E-state index in [0.717, 1.165) is 17.1 Å². The van der Waals surface area contributed by atoms with Crippen molar-refractivity contribution < 1.29 is 4.74 Å². The van der Waals surface area contributed by atoms with Crippen molar-refractivity contribution in [3.63, 3.8) is 0 Å². The van der Waals surface area contributed by atoms with E-state index in [1.54, 1.807) is 7.11 Å². The van der Waals surface area contributed by atoms with Gasteiger partial charge in [0.15, 0.2) is 5.11 Å². The highest BCUT2D eigenvalue weighted by Crippen LogP contribution is 2.05. The average molecular weight is 358 g/mol. The van der Waals surface area contributed by atoms with E-state index in [1.165, 1.54) is 0 Å². The largest absolute Gasteiger partial charge is 0.383 e. The lowest BCUT2D eigenvalue weighted by Crippen LogP contribution is -2.39. The van der Waals surface area contributed by atoms with Crippen molar-refractivity contribution in [2.24, 2.45) is 4.99 Å². The third-order valence-electron chi connectivity index (χ3n) is 3.04. The maximum absolute atomic E-state index is 5.34. The molecule has 1 heterocycles. The van der Waals surface area contributed by atoms with Crippen molar-refractivity contribution in [2.45, 2.75) is 13.8 Å². The summed E-state index contributed by atoms with van der Waals surface area (Å²) in [5.41, 5.74) is 2.63. The Morgan fingerprint density at radius 1 is 1.12 bits per heavy atom. The summed E-state index contributed by atoms with van der Waals surface area (Å²) in [5.74, 6) is 0.916. The van der Waals surface area contributed by atoms with Gasteiger partial charge in [-0.1, -0.05) is 18.2 Å². The topological polar surface area (TPSA) is 83.5 Å². The smallest absolute Gasteiger partial charge is 0.229 e. The molecule has 25 heavy (non-hydrogen) atoms. The summed E-state index contributed by atoms with van der Waals surface area (Å²) in [6.07, 6.45) is 0. The zero-order valence-electron chi connectivity index (χ0n) is 14.5. The van der Waals surface area contributed by atoms with Gasteiger partial charge in [-0.05, 0) is 44.3 Å². The molecule has 7 nitrogen and oxygen atoms in total. The zero-order chi connectivity index (χ0) is 18.1. The van der Waals surface area contributed by atoms with Crippen LogP contribution in [0.3, 0.4) is 0 Å². The maximum atomic E-state index is 5.34. The van der Waals surface area contributed by atoms with Crippen LogP contribution in [0.25, 0.3) is 0 Å². The first-order valence-electron chi connectivity index (χ1n) is 7.82. The Labute approximate surface area is 152 Å². The second kappa shape index (κ2) is 9.65. The number of hydrogen-bond donors (Lipinski definition) is 3. The number of hydrogen-bond acceptors (Lipinski definition) is 5.